The van der Waals surface area contributed by atoms with Crippen LogP contribution in [0.25, 0.3) is 0 Å². The van der Waals surface area contributed by atoms with E-state index in [-0.39, 0.29) is 6.61 Å². The first-order valence-corrected chi connectivity index (χ1v) is 6.44. The Kier molecular flexibility index (Phi) is 3.83. The molecule has 2 rings (SSSR count). The molecule has 2 N–H and O–H groups in total. The lowest BCUT2D eigenvalue weighted by Crippen LogP contribution is -2.04. The van der Waals surface area contributed by atoms with Crippen molar-refractivity contribution in [1.82, 2.24) is 0 Å². The summed E-state index contributed by atoms with van der Waals surface area (Å²) in [5.41, 5.74) is 7.49. The van der Waals surface area contributed by atoms with Crippen molar-refractivity contribution in [3.8, 4) is 6.07 Å². The molecule has 5 heteroatoms. The fourth-order valence-corrected chi connectivity index (χ4v) is 2.40. The monoisotopic (exact) mass is 272 g/mol. The number of carbonyl (C=O) groups is 1. The van der Waals surface area contributed by atoms with E-state index in [4.69, 9.17) is 15.7 Å². The standard InChI is InChI=1S/C14H12N2O2S/c1-9-12(16)6-13(19-9)14(17)18-8-11-5-3-2-4-10(11)7-15/h2-6H,8,16H2,1H3. The van der Waals surface area contributed by atoms with Gasteiger partial charge in [0.2, 0.25) is 0 Å². The van der Waals surface area contributed by atoms with Gasteiger partial charge < -0.3 is 10.5 Å². The molecule has 2 aromatic rings. The Bertz CT molecular complexity index is 636. The maximum absolute atomic E-state index is 11.8. The molecule has 1 aromatic carbocycles. The van der Waals surface area contributed by atoms with E-state index in [0.717, 1.165) is 4.88 Å². The third-order valence-corrected chi connectivity index (χ3v) is 3.70. The summed E-state index contributed by atoms with van der Waals surface area (Å²) in [7, 11) is 0. The van der Waals surface area contributed by atoms with Gasteiger partial charge in [0.25, 0.3) is 0 Å². The van der Waals surface area contributed by atoms with Crippen LogP contribution in [0.2, 0.25) is 0 Å². The number of carbonyl (C=O) groups excluding carboxylic acids is 1. The van der Waals surface area contributed by atoms with Gasteiger partial charge in [0.05, 0.1) is 11.6 Å². The predicted octanol–water partition coefficient (Wildman–Crippen LogP) is 2.87. The number of aryl methyl sites for hydroxylation is 1. The minimum atomic E-state index is -0.419. The largest absolute Gasteiger partial charge is 0.457 e. The maximum Gasteiger partial charge on any atom is 0.348 e. The van der Waals surface area contributed by atoms with Crippen molar-refractivity contribution in [2.24, 2.45) is 0 Å². The topological polar surface area (TPSA) is 76.1 Å². The Morgan fingerprint density at radius 1 is 1.47 bits per heavy atom. The normalized spacial score (nSPS) is 9.89. The lowest BCUT2D eigenvalue weighted by molar-refractivity contribution is 0.0478. The highest BCUT2D eigenvalue weighted by Gasteiger charge is 2.13. The number of nitrogens with two attached hydrogens (primary N) is 1. The molecule has 96 valence electrons. The third-order valence-electron chi connectivity index (χ3n) is 2.65. The van der Waals surface area contributed by atoms with E-state index in [1.165, 1.54) is 11.3 Å². The number of hydrogen-bond acceptors (Lipinski definition) is 5. The van der Waals surface area contributed by atoms with Crippen molar-refractivity contribution in [3.05, 3.63) is 51.2 Å². The summed E-state index contributed by atoms with van der Waals surface area (Å²) in [6, 6.07) is 10.7. The van der Waals surface area contributed by atoms with Crippen LogP contribution in [-0.2, 0) is 11.3 Å². The molecule has 0 radical (unpaired) electrons. The van der Waals surface area contributed by atoms with Crippen molar-refractivity contribution in [1.29, 1.82) is 5.26 Å². The molecule has 0 amide bonds. The Morgan fingerprint density at radius 3 is 2.84 bits per heavy atom. The first-order valence-electron chi connectivity index (χ1n) is 5.63. The molecule has 0 atom stereocenters. The zero-order valence-corrected chi connectivity index (χ0v) is 11.2. The molecule has 0 spiro atoms. The zero-order valence-electron chi connectivity index (χ0n) is 10.3. The van der Waals surface area contributed by atoms with Crippen LogP contribution in [0.1, 0.15) is 25.7 Å². The van der Waals surface area contributed by atoms with Crippen molar-refractivity contribution in [2.45, 2.75) is 13.5 Å². The SMILES string of the molecule is Cc1sc(C(=O)OCc2ccccc2C#N)cc1N. The molecule has 0 saturated heterocycles. The molecule has 0 aliphatic heterocycles. The molecule has 1 aromatic heterocycles. The van der Waals surface area contributed by atoms with E-state index >= 15 is 0 Å². The average molecular weight is 272 g/mol. The number of rotatable bonds is 3. The summed E-state index contributed by atoms with van der Waals surface area (Å²) in [6.45, 7) is 1.93. The van der Waals surface area contributed by atoms with E-state index in [2.05, 4.69) is 6.07 Å². The van der Waals surface area contributed by atoms with Gasteiger partial charge in [-0.25, -0.2) is 4.79 Å². The molecule has 0 fully saturated rings. The van der Waals surface area contributed by atoms with Crippen LogP contribution in [0.15, 0.2) is 30.3 Å². The van der Waals surface area contributed by atoms with Crippen molar-refractivity contribution < 1.29 is 9.53 Å². The fourth-order valence-electron chi connectivity index (χ4n) is 1.57. The van der Waals surface area contributed by atoms with Crippen LogP contribution in [-0.4, -0.2) is 5.97 Å². The number of nitrogens with zero attached hydrogens (tertiary/aromatic N) is 1. The summed E-state index contributed by atoms with van der Waals surface area (Å²) < 4.78 is 5.19. The predicted molar refractivity (Wildman–Crippen MR) is 73.7 cm³/mol. The molecular weight excluding hydrogens is 260 g/mol. The molecule has 0 bridgehead atoms. The number of nitriles is 1. The number of nitrogen functional groups attached to an aromatic ring is 1. The van der Waals surface area contributed by atoms with Gasteiger partial charge in [-0.2, -0.15) is 5.26 Å². The summed E-state index contributed by atoms with van der Waals surface area (Å²) in [5.74, 6) is -0.419. The van der Waals surface area contributed by atoms with Crippen LogP contribution >= 0.6 is 11.3 Å². The number of benzene rings is 1. The van der Waals surface area contributed by atoms with Crippen LogP contribution in [0.3, 0.4) is 0 Å². The fraction of sp³-hybridized carbons (Fsp3) is 0.143. The first-order chi connectivity index (χ1) is 9.11. The van der Waals surface area contributed by atoms with Crippen LogP contribution in [0.4, 0.5) is 5.69 Å². The highest BCUT2D eigenvalue weighted by Crippen LogP contribution is 2.24. The van der Waals surface area contributed by atoms with Gasteiger partial charge in [0, 0.05) is 16.1 Å². The van der Waals surface area contributed by atoms with Gasteiger partial charge in [0.1, 0.15) is 11.5 Å². The van der Waals surface area contributed by atoms with Crippen molar-refractivity contribution >= 4 is 23.0 Å². The van der Waals surface area contributed by atoms with Crippen molar-refractivity contribution in [2.75, 3.05) is 5.73 Å². The lowest BCUT2D eigenvalue weighted by Gasteiger charge is -2.04. The van der Waals surface area contributed by atoms with Gasteiger partial charge in [-0.15, -0.1) is 11.3 Å². The molecule has 1 heterocycles. The highest BCUT2D eigenvalue weighted by molar-refractivity contribution is 7.14. The molecule has 4 nitrogen and oxygen atoms in total. The molecule has 0 unspecified atom stereocenters. The minimum absolute atomic E-state index is 0.0828. The number of anilines is 1. The Balaban J connectivity index is 2.07. The number of ether oxygens (including phenoxy) is 1. The van der Waals surface area contributed by atoms with E-state index in [0.29, 0.717) is 21.7 Å². The number of esters is 1. The average Bonchev–Trinajstić information content (AvgIpc) is 2.76. The van der Waals surface area contributed by atoms with Gasteiger partial charge in [-0.05, 0) is 19.1 Å². The smallest absolute Gasteiger partial charge is 0.348 e. The summed E-state index contributed by atoms with van der Waals surface area (Å²) >= 11 is 1.30. The van der Waals surface area contributed by atoms with Gasteiger partial charge in [0.15, 0.2) is 0 Å². The van der Waals surface area contributed by atoms with E-state index in [1.54, 1.807) is 30.3 Å². The summed E-state index contributed by atoms with van der Waals surface area (Å²) in [5, 5.41) is 8.94. The summed E-state index contributed by atoms with van der Waals surface area (Å²) in [6.07, 6.45) is 0. The third kappa shape index (κ3) is 2.92. The maximum atomic E-state index is 11.8. The number of thiophene rings is 1. The zero-order chi connectivity index (χ0) is 13.8. The number of hydrogen-bond donors (Lipinski definition) is 1. The highest BCUT2D eigenvalue weighted by atomic mass is 32.1. The Labute approximate surface area is 115 Å². The quantitative estimate of drug-likeness (QED) is 0.872. The van der Waals surface area contributed by atoms with Crippen LogP contribution in [0, 0.1) is 18.3 Å². The van der Waals surface area contributed by atoms with Crippen molar-refractivity contribution in [3.63, 3.8) is 0 Å². The molecule has 0 aliphatic carbocycles. The minimum Gasteiger partial charge on any atom is -0.457 e. The lowest BCUT2D eigenvalue weighted by atomic mass is 10.1. The Morgan fingerprint density at radius 2 is 2.21 bits per heavy atom. The first kappa shape index (κ1) is 13.1. The summed E-state index contributed by atoms with van der Waals surface area (Å²) in [4.78, 5) is 13.2. The van der Waals surface area contributed by atoms with Crippen LogP contribution < -0.4 is 5.73 Å². The second kappa shape index (κ2) is 5.55. The van der Waals surface area contributed by atoms with Gasteiger partial charge in [-0.1, -0.05) is 18.2 Å². The second-order valence-electron chi connectivity index (χ2n) is 3.97. The second-order valence-corrected chi connectivity index (χ2v) is 5.22. The van der Waals surface area contributed by atoms with Crippen LogP contribution in [0.5, 0.6) is 0 Å². The van der Waals surface area contributed by atoms with E-state index < -0.39 is 5.97 Å². The Hall–Kier alpha value is -2.32. The molecular formula is C14H12N2O2S. The van der Waals surface area contributed by atoms with E-state index in [1.807, 2.05) is 6.92 Å². The van der Waals surface area contributed by atoms with Gasteiger partial charge in [-0.3, -0.25) is 0 Å². The molecule has 0 aliphatic rings. The van der Waals surface area contributed by atoms with E-state index in [9.17, 15) is 4.79 Å². The molecule has 0 saturated carbocycles. The van der Waals surface area contributed by atoms with Gasteiger partial charge >= 0.3 is 5.97 Å². The molecule has 19 heavy (non-hydrogen) atoms.